The van der Waals surface area contributed by atoms with Crippen molar-refractivity contribution in [1.29, 1.82) is 0 Å². The molecule has 9 heteroatoms. The lowest BCUT2D eigenvalue weighted by atomic mass is 10.3. The van der Waals surface area contributed by atoms with Crippen LogP contribution >= 0.6 is 15.9 Å². The molecular weight excluding hydrogens is 373 g/mol. The van der Waals surface area contributed by atoms with Crippen molar-refractivity contribution >= 4 is 37.3 Å². The van der Waals surface area contributed by atoms with E-state index in [2.05, 4.69) is 15.9 Å². The Morgan fingerprint density at radius 2 is 1.67 bits per heavy atom. The summed E-state index contributed by atoms with van der Waals surface area (Å²) in [6, 6.07) is 4.29. The van der Waals surface area contributed by atoms with Crippen molar-refractivity contribution in [2.45, 2.75) is 4.90 Å². The molecule has 4 nitrogen and oxygen atoms in total. The minimum absolute atomic E-state index is 0.120. The number of benzene rings is 2. The molecule has 3 N–H and O–H groups in total. The highest BCUT2D eigenvalue weighted by molar-refractivity contribution is 9.10. The number of hydrogen-bond acceptors (Lipinski definition) is 3. The van der Waals surface area contributed by atoms with Crippen LogP contribution in [-0.4, -0.2) is 8.42 Å². The number of anilines is 2. The Morgan fingerprint density at radius 3 is 2.29 bits per heavy atom. The van der Waals surface area contributed by atoms with Crippen molar-refractivity contribution in [3.05, 3.63) is 52.3 Å². The number of nitrogen functional groups attached to an aromatic ring is 1. The molecule has 2 aromatic rings. The van der Waals surface area contributed by atoms with Crippen molar-refractivity contribution in [3.8, 4) is 0 Å². The van der Waals surface area contributed by atoms with Crippen LogP contribution < -0.4 is 10.5 Å². The van der Waals surface area contributed by atoms with E-state index in [9.17, 15) is 21.6 Å². The fourth-order valence-corrected chi connectivity index (χ4v) is 2.89. The molecule has 0 saturated heterocycles. The Bertz CT molecular complexity index is 812. The first kappa shape index (κ1) is 15.6. The number of halogens is 4. The Labute approximate surface area is 127 Å². The van der Waals surface area contributed by atoms with E-state index < -0.39 is 38.1 Å². The summed E-state index contributed by atoms with van der Waals surface area (Å²) in [6.07, 6.45) is 0. The third-order valence-corrected chi connectivity index (χ3v) is 4.51. The van der Waals surface area contributed by atoms with Crippen LogP contribution in [0.2, 0.25) is 0 Å². The highest BCUT2D eigenvalue weighted by atomic mass is 79.9. The third-order valence-electron chi connectivity index (χ3n) is 2.54. The summed E-state index contributed by atoms with van der Waals surface area (Å²) < 4.78 is 65.7. The van der Waals surface area contributed by atoms with Gasteiger partial charge in [-0.05, 0) is 40.2 Å². The Balaban J connectivity index is 2.42. The van der Waals surface area contributed by atoms with Crippen molar-refractivity contribution in [3.63, 3.8) is 0 Å². The van der Waals surface area contributed by atoms with Gasteiger partial charge in [-0.1, -0.05) is 0 Å². The van der Waals surface area contributed by atoms with Crippen LogP contribution in [0, 0.1) is 17.5 Å². The zero-order valence-electron chi connectivity index (χ0n) is 10.2. The van der Waals surface area contributed by atoms with Gasteiger partial charge in [-0.25, -0.2) is 21.6 Å². The van der Waals surface area contributed by atoms with Gasteiger partial charge in [0, 0.05) is 6.07 Å². The largest absolute Gasteiger partial charge is 0.396 e. The molecule has 0 aliphatic carbocycles. The van der Waals surface area contributed by atoms with Crippen molar-refractivity contribution in [2.24, 2.45) is 0 Å². The molecule has 2 aromatic carbocycles. The number of hydrogen-bond donors (Lipinski definition) is 2. The van der Waals surface area contributed by atoms with E-state index >= 15 is 0 Å². The maximum Gasteiger partial charge on any atom is 0.262 e. The first-order valence-electron chi connectivity index (χ1n) is 5.43. The van der Waals surface area contributed by atoms with Crippen LogP contribution in [0.5, 0.6) is 0 Å². The molecule has 0 aliphatic heterocycles. The van der Waals surface area contributed by atoms with E-state index in [1.165, 1.54) is 0 Å². The van der Waals surface area contributed by atoms with Crippen LogP contribution in [0.3, 0.4) is 0 Å². The van der Waals surface area contributed by atoms with Crippen LogP contribution in [-0.2, 0) is 10.0 Å². The van der Waals surface area contributed by atoms with Crippen molar-refractivity contribution in [2.75, 3.05) is 10.5 Å². The van der Waals surface area contributed by atoms with Gasteiger partial charge in [-0.15, -0.1) is 0 Å². The van der Waals surface area contributed by atoms with Crippen LogP contribution in [0.15, 0.2) is 39.7 Å². The van der Waals surface area contributed by atoms with Gasteiger partial charge in [-0.2, -0.15) is 0 Å². The molecule has 112 valence electrons. The first-order valence-corrected chi connectivity index (χ1v) is 7.71. The van der Waals surface area contributed by atoms with E-state index in [1.54, 1.807) is 0 Å². The standard InChI is InChI=1S/C12H8BrF3N2O2S/c13-7-4-12(10(16)5-8(7)14)18-21(19,20)6-1-2-11(17)9(15)3-6/h1-5,18H,17H2. The lowest BCUT2D eigenvalue weighted by Crippen LogP contribution is -2.14. The Hall–Kier alpha value is -1.74. The molecular formula is C12H8BrF3N2O2S. The zero-order chi connectivity index (χ0) is 15.8. The predicted octanol–water partition coefficient (Wildman–Crippen LogP) is 3.25. The van der Waals surface area contributed by atoms with Gasteiger partial charge < -0.3 is 5.73 Å². The molecule has 0 amide bonds. The van der Waals surface area contributed by atoms with E-state index in [0.29, 0.717) is 12.1 Å². The van der Waals surface area contributed by atoms with E-state index in [-0.39, 0.29) is 10.2 Å². The smallest absolute Gasteiger partial charge is 0.262 e. The first-order chi connectivity index (χ1) is 9.70. The monoisotopic (exact) mass is 380 g/mol. The molecule has 2 rings (SSSR count). The Morgan fingerprint density at radius 1 is 1.00 bits per heavy atom. The lowest BCUT2D eigenvalue weighted by Gasteiger charge is -2.10. The van der Waals surface area contributed by atoms with Gasteiger partial charge in [0.15, 0.2) is 0 Å². The molecule has 0 aliphatic rings. The van der Waals surface area contributed by atoms with Crippen molar-refractivity contribution < 1.29 is 21.6 Å². The van der Waals surface area contributed by atoms with Gasteiger partial charge >= 0.3 is 0 Å². The SMILES string of the molecule is Nc1ccc(S(=O)(=O)Nc2cc(Br)c(F)cc2F)cc1F. The predicted molar refractivity (Wildman–Crippen MR) is 75.7 cm³/mol. The van der Waals surface area contributed by atoms with Crippen LogP contribution in [0.25, 0.3) is 0 Å². The second-order valence-corrected chi connectivity index (χ2v) is 6.57. The van der Waals surface area contributed by atoms with Gasteiger partial charge in [0.05, 0.1) is 20.7 Å². The molecule has 0 radical (unpaired) electrons. The van der Waals surface area contributed by atoms with Gasteiger partial charge in [-0.3, -0.25) is 4.72 Å². The summed E-state index contributed by atoms with van der Waals surface area (Å²) in [4.78, 5) is -0.436. The normalized spacial score (nSPS) is 11.4. The molecule has 0 aromatic heterocycles. The minimum Gasteiger partial charge on any atom is -0.396 e. The molecule has 0 spiro atoms. The molecule has 0 heterocycles. The summed E-state index contributed by atoms with van der Waals surface area (Å²) in [5, 5.41) is 0. The van der Waals surface area contributed by atoms with Crippen LogP contribution in [0.4, 0.5) is 24.5 Å². The fourth-order valence-electron chi connectivity index (χ4n) is 1.48. The second-order valence-electron chi connectivity index (χ2n) is 4.03. The average Bonchev–Trinajstić information content (AvgIpc) is 2.39. The topological polar surface area (TPSA) is 72.2 Å². The lowest BCUT2D eigenvalue weighted by molar-refractivity contribution is 0.578. The molecule has 0 fully saturated rings. The highest BCUT2D eigenvalue weighted by Crippen LogP contribution is 2.26. The summed E-state index contributed by atoms with van der Waals surface area (Å²) >= 11 is 2.81. The number of nitrogens with two attached hydrogens (primary N) is 1. The van der Waals surface area contributed by atoms with E-state index in [1.807, 2.05) is 4.72 Å². The molecule has 21 heavy (non-hydrogen) atoms. The second kappa shape index (κ2) is 5.57. The van der Waals surface area contributed by atoms with Crippen molar-refractivity contribution in [1.82, 2.24) is 0 Å². The minimum atomic E-state index is -4.23. The molecule has 0 saturated carbocycles. The van der Waals surface area contributed by atoms with Gasteiger partial charge in [0.2, 0.25) is 0 Å². The zero-order valence-corrected chi connectivity index (χ0v) is 12.6. The molecule has 0 atom stereocenters. The third kappa shape index (κ3) is 3.30. The quantitative estimate of drug-likeness (QED) is 0.634. The number of rotatable bonds is 3. The Kier molecular flexibility index (Phi) is 4.15. The van der Waals surface area contributed by atoms with E-state index in [0.717, 1.165) is 18.2 Å². The summed E-state index contributed by atoms with van der Waals surface area (Å²) in [7, 11) is -4.23. The fraction of sp³-hybridized carbons (Fsp3) is 0. The maximum absolute atomic E-state index is 13.5. The van der Waals surface area contributed by atoms with Gasteiger partial charge in [0.1, 0.15) is 17.5 Å². The summed E-state index contributed by atoms with van der Waals surface area (Å²) in [6.45, 7) is 0. The van der Waals surface area contributed by atoms with Crippen LogP contribution in [0.1, 0.15) is 0 Å². The summed E-state index contributed by atoms with van der Waals surface area (Å²) in [5.74, 6) is -2.90. The maximum atomic E-state index is 13.5. The highest BCUT2D eigenvalue weighted by Gasteiger charge is 2.19. The summed E-state index contributed by atoms with van der Waals surface area (Å²) in [5.41, 5.74) is 4.56. The number of sulfonamides is 1. The number of nitrogens with one attached hydrogen (secondary N) is 1. The van der Waals surface area contributed by atoms with Gasteiger partial charge in [0.25, 0.3) is 10.0 Å². The van der Waals surface area contributed by atoms with E-state index in [4.69, 9.17) is 5.73 Å². The average molecular weight is 381 g/mol. The molecule has 0 unspecified atom stereocenters. The molecule has 0 bridgehead atoms.